The fourth-order valence-corrected chi connectivity index (χ4v) is 0.908. The summed E-state index contributed by atoms with van der Waals surface area (Å²) < 4.78 is 0. The minimum Gasteiger partial charge on any atom is -0.394 e. The van der Waals surface area contributed by atoms with E-state index in [1.807, 2.05) is 6.92 Å². The summed E-state index contributed by atoms with van der Waals surface area (Å²) in [5, 5.41) is 11.6. The second-order valence-electron chi connectivity index (χ2n) is 3.93. The molecule has 4 nitrogen and oxygen atoms in total. The summed E-state index contributed by atoms with van der Waals surface area (Å²) in [4.78, 5) is 11.4. The van der Waals surface area contributed by atoms with Crippen molar-refractivity contribution in [3.05, 3.63) is 0 Å². The lowest BCUT2D eigenvalue weighted by atomic mass is 10.1. The Balaban J connectivity index is 3.99. The summed E-state index contributed by atoms with van der Waals surface area (Å²) in [7, 11) is 0. The number of nitrogens with one attached hydrogen (secondary N) is 1. The number of hydrogen-bond donors (Lipinski definition) is 3. The van der Waals surface area contributed by atoms with Crippen LogP contribution in [0.3, 0.4) is 0 Å². The fourth-order valence-electron chi connectivity index (χ4n) is 0.908. The van der Waals surface area contributed by atoms with Crippen molar-refractivity contribution in [2.75, 3.05) is 6.61 Å². The Morgan fingerprint density at radius 3 is 2.54 bits per heavy atom. The van der Waals surface area contributed by atoms with Crippen molar-refractivity contribution < 1.29 is 9.90 Å². The van der Waals surface area contributed by atoms with Crippen LogP contribution in [-0.4, -0.2) is 29.2 Å². The minimum absolute atomic E-state index is 0.0857. The molecule has 0 unspecified atom stereocenters. The lowest BCUT2D eigenvalue weighted by Gasteiger charge is -2.25. The van der Waals surface area contributed by atoms with Gasteiger partial charge in [0.1, 0.15) is 0 Å². The minimum atomic E-state index is -0.581. The highest BCUT2D eigenvalue weighted by Gasteiger charge is 2.22. The Morgan fingerprint density at radius 2 is 2.15 bits per heavy atom. The van der Waals surface area contributed by atoms with Gasteiger partial charge in [-0.2, -0.15) is 0 Å². The van der Waals surface area contributed by atoms with Crippen molar-refractivity contribution in [2.45, 2.75) is 45.2 Å². The van der Waals surface area contributed by atoms with Gasteiger partial charge in [0.15, 0.2) is 0 Å². The average Bonchev–Trinajstić information content (AvgIpc) is 2.04. The predicted molar refractivity (Wildman–Crippen MR) is 52.2 cm³/mol. The zero-order valence-electron chi connectivity index (χ0n) is 8.63. The number of hydrogen-bond acceptors (Lipinski definition) is 3. The van der Waals surface area contributed by atoms with Crippen molar-refractivity contribution in [3.63, 3.8) is 0 Å². The van der Waals surface area contributed by atoms with Gasteiger partial charge in [-0.1, -0.05) is 13.3 Å². The molecule has 0 saturated carbocycles. The van der Waals surface area contributed by atoms with Gasteiger partial charge in [-0.15, -0.1) is 0 Å². The number of aliphatic hydroxyl groups is 1. The third-order valence-electron chi connectivity index (χ3n) is 1.79. The highest BCUT2D eigenvalue weighted by atomic mass is 16.3. The first-order chi connectivity index (χ1) is 5.93. The summed E-state index contributed by atoms with van der Waals surface area (Å²) in [5.41, 5.74) is 5.02. The summed E-state index contributed by atoms with van der Waals surface area (Å²) >= 11 is 0. The smallest absolute Gasteiger partial charge is 0.237 e. The average molecular weight is 188 g/mol. The van der Waals surface area contributed by atoms with Gasteiger partial charge in [0.25, 0.3) is 0 Å². The second-order valence-corrected chi connectivity index (χ2v) is 3.93. The molecule has 1 amide bonds. The summed E-state index contributed by atoms with van der Waals surface area (Å²) in [6.07, 6.45) is 1.56. The van der Waals surface area contributed by atoms with Crippen LogP contribution < -0.4 is 11.1 Å². The normalized spacial score (nSPS) is 13.9. The van der Waals surface area contributed by atoms with Gasteiger partial charge < -0.3 is 16.2 Å². The standard InChI is InChI=1S/C9H20N2O2/c1-4-5-7(10)8(13)11-9(2,3)6-12/h7,12H,4-6,10H2,1-3H3,(H,11,13)/t7-/m0/s1. The Kier molecular flexibility index (Phi) is 4.95. The van der Waals surface area contributed by atoms with E-state index in [4.69, 9.17) is 10.8 Å². The molecule has 4 N–H and O–H groups in total. The Hall–Kier alpha value is -0.610. The third kappa shape index (κ3) is 4.85. The molecule has 0 aliphatic carbocycles. The number of amides is 1. The molecular formula is C9H20N2O2. The number of rotatable bonds is 5. The van der Waals surface area contributed by atoms with E-state index in [1.165, 1.54) is 0 Å². The SMILES string of the molecule is CCC[C@H](N)C(=O)NC(C)(C)CO. The van der Waals surface area contributed by atoms with Crippen LogP contribution in [0.5, 0.6) is 0 Å². The fraction of sp³-hybridized carbons (Fsp3) is 0.889. The van der Waals surface area contributed by atoms with E-state index in [2.05, 4.69) is 5.32 Å². The van der Waals surface area contributed by atoms with Gasteiger partial charge in [-0.3, -0.25) is 4.79 Å². The van der Waals surface area contributed by atoms with E-state index in [-0.39, 0.29) is 12.5 Å². The van der Waals surface area contributed by atoms with Crippen molar-refractivity contribution in [3.8, 4) is 0 Å². The van der Waals surface area contributed by atoms with Gasteiger partial charge in [0, 0.05) is 0 Å². The molecule has 78 valence electrons. The van der Waals surface area contributed by atoms with E-state index < -0.39 is 11.6 Å². The molecule has 0 aliphatic rings. The van der Waals surface area contributed by atoms with E-state index in [1.54, 1.807) is 13.8 Å². The molecule has 0 saturated heterocycles. The first kappa shape index (κ1) is 12.4. The molecule has 13 heavy (non-hydrogen) atoms. The quantitative estimate of drug-likeness (QED) is 0.568. The molecule has 0 aromatic heterocycles. The number of carbonyl (C=O) groups excluding carboxylic acids is 1. The van der Waals surface area contributed by atoms with Crippen LogP contribution in [-0.2, 0) is 4.79 Å². The Labute approximate surface area is 79.5 Å². The molecule has 0 aromatic rings. The molecule has 4 heteroatoms. The zero-order chi connectivity index (χ0) is 10.5. The van der Waals surface area contributed by atoms with Crippen molar-refractivity contribution in [2.24, 2.45) is 5.73 Å². The first-order valence-electron chi connectivity index (χ1n) is 4.61. The van der Waals surface area contributed by atoms with Gasteiger partial charge in [-0.25, -0.2) is 0 Å². The summed E-state index contributed by atoms with van der Waals surface area (Å²) in [5.74, 6) is -0.194. The van der Waals surface area contributed by atoms with E-state index in [0.29, 0.717) is 6.42 Å². The van der Waals surface area contributed by atoms with Gasteiger partial charge in [0.2, 0.25) is 5.91 Å². The highest BCUT2D eigenvalue weighted by molar-refractivity contribution is 5.82. The molecule has 1 atom stereocenters. The first-order valence-corrected chi connectivity index (χ1v) is 4.61. The van der Waals surface area contributed by atoms with Crippen molar-refractivity contribution in [1.29, 1.82) is 0 Å². The van der Waals surface area contributed by atoms with E-state index in [0.717, 1.165) is 6.42 Å². The van der Waals surface area contributed by atoms with Crippen LogP contribution >= 0.6 is 0 Å². The van der Waals surface area contributed by atoms with Crippen LogP contribution in [0.25, 0.3) is 0 Å². The maximum absolute atomic E-state index is 11.4. The lowest BCUT2D eigenvalue weighted by molar-refractivity contribution is -0.124. The van der Waals surface area contributed by atoms with Crippen molar-refractivity contribution >= 4 is 5.91 Å². The predicted octanol–water partition coefficient (Wildman–Crippen LogP) is 0.000900. The van der Waals surface area contributed by atoms with Crippen LogP contribution in [0.4, 0.5) is 0 Å². The molecular weight excluding hydrogens is 168 g/mol. The highest BCUT2D eigenvalue weighted by Crippen LogP contribution is 2.01. The van der Waals surface area contributed by atoms with E-state index >= 15 is 0 Å². The molecule has 0 aromatic carbocycles. The monoisotopic (exact) mass is 188 g/mol. The number of nitrogens with two attached hydrogens (primary N) is 1. The summed E-state index contributed by atoms with van der Waals surface area (Å²) in [6, 6.07) is -0.462. The Morgan fingerprint density at radius 1 is 1.62 bits per heavy atom. The van der Waals surface area contributed by atoms with Crippen LogP contribution in [0.2, 0.25) is 0 Å². The van der Waals surface area contributed by atoms with E-state index in [9.17, 15) is 4.79 Å². The lowest BCUT2D eigenvalue weighted by Crippen LogP contribution is -2.52. The topological polar surface area (TPSA) is 75.4 Å². The van der Waals surface area contributed by atoms with Crippen LogP contribution in [0, 0.1) is 0 Å². The number of aliphatic hydroxyl groups excluding tert-OH is 1. The second kappa shape index (κ2) is 5.19. The summed E-state index contributed by atoms with van der Waals surface area (Å²) in [6.45, 7) is 5.40. The molecule has 0 spiro atoms. The maximum atomic E-state index is 11.4. The third-order valence-corrected chi connectivity index (χ3v) is 1.79. The number of carbonyl (C=O) groups is 1. The van der Waals surface area contributed by atoms with Crippen molar-refractivity contribution in [1.82, 2.24) is 5.32 Å². The zero-order valence-corrected chi connectivity index (χ0v) is 8.63. The molecule has 0 rings (SSSR count). The largest absolute Gasteiger partial charge is 0.394 e. The molecule has 0 bridgehead atoms. The van der Waals surface area contributed by atoms with Gasteiger partial charge >= 0.3 is 0 Å². The van der Waals surface area contributed by atoms with Crippen LogP contribution in [0.15, 0.2) is 0 Å². The van der Waals surface area contributed by atoms with Gasteiger partial charge in [-0.05, 0) is 20.3 Å². The molecule has 0 radical (unpaired) electrons. The van der Waals surface area contributed by atoms with Crippen LogP contribution in [0.1, 0.15) is 33.6 Å². The molecule has 0 heterocycles. The molecule has 0 fully saturated rings. The van der Waals surface area contributed by atoms with Gasteiger partial charge in [0.05, 0.1) is 18.2 Å². The Bertz CT molecular complexity index is 169. The maximum Gasteiger partial charge on any atom is 0.237 e. The molecule has 0 aliphatic heterocycles.